The van der Waals surface area contributed by atoms with Gasteiger partial charge in [-0.25, -0.2) is 0 Å². The zero-order valence-electron chi connectivity index (χ0n) is 10.7. The molecule has 0 saturated carbocycles. The van der Waals surface area contributed by atoms with Crippen LogP contribution >= 0.6 is 11.6 Å². The van der Waals surface area contributed by atoms with E-state index >= 15 is 0 Å². The molecule has 1 aromatic carbocycles. The first-order valence-corrected chi connectivity index (χ1v) is 6.20. The van der Waals surface area contributed by atoms with Gasteiger partial charge in [0.2, 0.25) is 0 Å². The number of benzene rings is 1. The molecule has 96 valence electrons. The summed E-state index contributed by atoms with van der Waals surface area (Å²) in [7, 11) is 5.43. The summed E-state index contributed by atoms with van der Waals surface area (Å²) in [5.74, 6) is 2.44. The van der Waals surface area contributed by atoms with Gasteiger partial charge in [0.05, 0.1) is 14.2 Å². The molecule has 3 nitrogen and oxygen atoms in total. The number of hydrogen-bond donors (Lipinski definition) is 0. The monoisotopic (exact) mass is 257 g/mol. The van der Waals surface area contributed by atoms with Crippen LogP contribution in [0.5, 0.6) is 11.5 Å². The first-order chi connectivity index (χ1) is 8.21. The molecule has 0 heterocycles. The molecule has 0 bridgehead atoms. The molecular formula is C13H20ClNO2. The van der Waals surface area contributed by atoms with Gasteiger partial charge in [0.1, 0.15) is 11.5 Å². The first kappa shape index (κ1) is 14.1. The number of alkyl halides is 1. The maximum absolute atomic E-state index is 5.68. The largest absolute Gasteiger partial charge is 0.497 e. The molecule has 0 aliphatic carbocycles. The molecule has 17 heavy (non-hydrogen) atoms. The van der Waals surface area contributed by atoms with Gasteiger partial charge in [-0.1, -0.05) is 0 Å². The SMILES string of the molecule is COc1ccc(OC)c(CN(C)CCCCl)c1. The van der Waals surface area contributed by atoms with Crippen molar-refractivity contribution in [2.75, 3.05) is 33.7 Å². The Morgan fingerprint density at radius 1 is 1.24 bits per heavy atom. The van der Waals surface area contributed by atoms with E-state index < -0.39 is 0 Å². The smallest absolute Gasteiger partial charge is 0.123 e. The van der Waals surface area contributed by atoms with Gasteiger partial charge in [-0.2, -0.15) is 0 Å². The first-order valence-electron chi connectivity index (χ1n) is 5.66. The second kappa shape index (κ2) is 7.41. The zero-order valence-corrected chi connectivity index (χ0v) is 11.5. The number of nitrogens with zero attached hydrogens (tertiary/aromatic N) is 1. The summed E-state index contributed by atoms with van der Waals surface area (Å²) in [6.45, 7) is 1.81. The van der Waals surface area contributed by atoms with E-state index in [9.17, 15) is 0 Å². The molecule has 1 rings (SSSR count). The van der Waals surface area contributed by atoms with Crippen molar-refractivity contribution in [3.05, 3.63) is 23.8 Å². The fourth-order valence-electron chi connectivity index (χ4n) is 1.71. The summed E-state index contributed by atoms with van der Waals surface area (Å²) < 4.78 is 10.6. The summed E-state index contributed by atoms with van der Waals surface area (Å²) in [4.78, 5) is 2.22. The second-order valence-corrected chi connectivity index (χ2v) is 4.34. The van der Waals surface area contributed by atoms with Gasteiger partial charge in [-0.15, -0.1) is 11.6 Å². The average Bonchev–Trinajstić information content (AvgIpc) is 2.36. The highest BCUT2D eigenvalue weighted by Crippen LogP contribution is 2.24. The van der Waals surface area contributed by atoms with Gasteiger partial charge < -0.3 is 14.4 Å². The molecule has 0 aliphatic heterocycles. The zero-order chi connectivity index (χ0) is 12.7. The summed E-state index contributed by atoms with van der Waals surface area (Å²) in [5.41, 5.74) is 1.13. The lowest BCUT2D eigenvalue weighted by atomic mass is 10.1. The molecule has 0 aromatic heterocycles. The van der Waals surface area contributed by atoms with Crippen LogP contribution in [0.1, 0.15) is 12.0 Å². The van der Waals surface area contributed by atoms with Crippen molar-refractivity contribution < 1.29 is 9.47 Å². The van der Waals surface area contributed by atoms with Crippen molar-refractivity contribution >= 4 is 11.6 Å². The predicted octanol–water partition coefficient (Wildman–Crippen LogP) is 2.76. The van der Waals surface area contributed by atoms with Crippen molar-refractivity contribution in [2.45, 2.75) is 13.0 Å². The summed E-state index contributed by atoms with van der Waals surface area (Å²) in [5, 5.41) is 0. The Bertz CT molecular complexity index is 344. The maximum Gasteiger partial charge on any atom is 0.123 e. The Kier molecular flexibility index (Phi) is 6.16. The predicted molar refractivity (Wildman–Crippen MR) is 71.2 cm³/mol. The lowest BCUT2D eigenvalue weighted by molar-refractivity contribution is 0.317. The van der Waals surface area contributed by atoms with Crippen LogP contribution in [0, 0.1) is 0 Å². The van der Waals surface area contributed by atoms with Gasteiger partial charge in [-0.3, -0.25) is 0 Å². The minimum atomic E-state index is 0.694. The molecule has 1 aromatic rings. The summed E-state index contributed by atoms with van der Waals surface area (Å²) in [6, 6.07) is 5.85. The van der Waals surface area contributed by atoms with Crippen LogP contribution in [0.3, 0.4) is 0 Å². The molecule has 0 N–H and O–H groups in total. The van der Waals surface area contributed by atoms with E-state index in [-0.39, 0.29) is 0 Å². The normalized spacial score (nSPS) is 10.6. The van der Waals surface area contributed by atoms with Gasteiger partial charge in [0.15, 0.2) is 0 Å². The van der Waals surface area contributed by atoms with Crippen molar-refractivity contribution in [1.82, 2.24) is 4.90 Å². The number of ether oxygens (including phenoxy) is 2. The Morgan fingerprint density at radius 2 is 2.00 bits per heavy atom. The van der Waals surface area contributed by atoms with Crippen LogP contribution in [0.15, 0.2) is 18.2 Å². The topological polar surface area (TPSA) is 21.7 Å². The van der Waals surface area contributed by atoms with Gasteiger partial charge >= 0.3 is 0 Å². The fraction of sp³-hybridized carbons (Fsp3) is 0.538. The third-order valence-electron chi connectivity index (χ3n) is 2.60. The van der Waals surface area contributed by atoms with Gasteiger partial charge in [0.25, 0.3) is 0 Å². The van der Waals surface area contributed by atoms with Crippen LogP contribution in [0.4, 0.5) is 0 Å². The standard InChI is InChI=1S/C13H20ClNO2/c1-15(8-4-7-14)10-11-9-12(16-2)5-6-13(11)17-3/h5-6,9H,4,7-8,10H2,1-3H3. The Labute approximate surface area is 108 Å². The van der Waals surface area contributed by atoms with E-state index in [2.05, 4.69) is 11.9 Å². The molecule has 4 heteroatoms. The van der Waals surface area contributed by atoms with Crippen molar-refractivity contribution in [3.8, 4) is 11.5 Å². The van der Waals surface area contributed by atoms with E-state index in [4.69, 9.17) is 21.1 Å². The lowest BCUT2D eigenvalue weighted by Crippen LogP contribution is -2.19. The molecule has 0 atom stereocenters. The van der Waals surface area contributed by atoms with Crippen LogP contribution in [0.2, 0.25) is 0 Å². The quantitative estimate of drug-likeness (QED) is 0.701. The van der Waals surface area contributed by atoms with Crippen LogP contribution in [-0.4, -0.2) is 38.6 Å². The Morgan fingerprint density at radius 3 is 2.59 bits per heavy atom. The summed E-state index contributed by atoms with van der Waals surface area (Å²) >= 11 is 5.68. The van der Waals surface area contributed by atoms with Crippen molar-refractivity contribution in [2.24, 2.45) is 0 Å². The molecule has 0 spiro atoms. The molecule has 0 saturated heterocycles. The minimum Gasteiger partial charge on any atom is -0.497 e. The minimum absolute atomic E-state index is 0.694. The van der Waals surface area contributed by atoms with Crippen molar-refractivity contribution in [3.63, 3.8) is 0 Å². The van der Waals surface area contributed by atoms with E-state index in [0.717, 1.165) is 36.6 Å². The van der Waals surface area contributed by atoms with E-state index in [1.807, 2.05) is 18.2 Å². The van der Waals surface area contributed by atoms with Crippen LogP contribution in [-0.2, 0) is 6.54 Å². The molecule has 0 unspecified atom stereocenters. The molecule has 0 aliphatic rings. The molecular weight excluding hydrogens is 238 g/mol. The van der Waals surface area contributed by atoms with Crippen molar-refractivity contribution in [1.29, 1.82) is 0 Å². The highest BCUT2D eigenvalue weighted by Gasteiger charge is 2.07. The lowest BCUT2D eigenvalue weighted by Gasteiger charge is -2.18. The van der Waals surface area contributed by atoms with Crippen LogP contribution in [0.25, 0.3) is 0 Å². The average molecular weight is 258 g/mol. The number of halogens is 1. The van der Waals surface area contributed by atoms with Crippen LogP contribution < -0.4 is 9.47 Å². The van der Waals surface area contributed by atoms with E-state index in [1.54, 1.807) is 14.2 Å². The number of methoxy groups -OCH3 is 2. The Hall–Kier alpha value is -0.930. The van der Waals surface area contributed by atoms with E-state index in [1.165, 1.54) is 0 Å². The van der Waals surface area contributed by atoms with E-state index in [0.29, 0.717) is 5.88 Å². The molecule has 0 radical (unpaired) electrons. The maximum atomic E-state index is 5.68. The molecule has 0 amide bonds. The fourth-order valence-corrected chi connectivity index (χ4v) is 1.82. The van der Waals surface area contributed by atoms with Gasteiger partial charge in [-0.05, 0) is 38.2 Å². The Balaban J connectivity index is 2.72. The third kappa shape index (κ3) is 4.44. The highest BCUT2D eigenvalue weighted by molar-refractivity contribution is 6.17. The number of hydrogen-bond acceptors (Lipinski definition) is 3. The highest BCUT2D eigenvalue weighted by atomic mass is 35.5. The summed E-state index contributed by atoms with van der Waals surface area (Å²) in [6.07, 6.45) is 0.990. The molecule has 0 fully saturated rings. The second-order valence-electron chi connectivity index (χ2n) is 3.96. The van der Waals surface area contributed by atoms with Gasteiger partial charge in [0, 0.05) is 18.0 Å². The number of rotatable bonds is 7. The third-order valence-corrected chi connectivity index (χ3v) is 2.87.